The van der Waals surface area contributed by atoms with E-state index in [4.69, 9.17) is 0 Å². The molecule has 1 aliphatic rings. The number of benzene rings is 1. The highest BCUT2D eigenvalue weighted by Gasteiger charge is 2.20. The van der Waals surface area contributed by atoms with E-state index in [2.05, 4.69) is 21.4 Å². The molecular weight excluding hydrogens is 388 g/mol. The van der Waals surface area contributed by atoms with Gasteiger partial charge in [-0.2, -0.15) is 5.26 Å². The van der Waals surface area contributed by atoms with E-state index < -0.39 is 0 Å². The highest BCUT2D eigenvalue weighted by Crippen LogP contribution is 2.36. The molecule has 7 heteroatoms. The van der Waals surface area contributed by atoms with Crippen LogP contribution in [0.3, 0.4) is 0 Å². The second kappa shape index (κ2) is 8.38. The molecule has 0 aliphatic heterocycles. The summed E-state index contributed by atoms with van der Waals surface area (Å²) in [6, 6.07) is 8.38. The Hall–Kier alpha value is -2.30. The number of anilines is 1. The van der Waals surface area contributed by atoms with Crippen LogP contribution in [0.1, 0.15) is 47.3 Å². The van der Waals surface area contributed by atoms with E-state index in [1.807, 2.05) is 25.1 Å². The minimum absolute atomic E-state index is 0.104. The molecule has 1 aromatic carbocycles. The Morgan fingerprint density at radius 1 is 1.32 bits per heavy atom. The zero-order valence-electron chi connectivity index (χ0n) is 15.8. The summed E-state index contributed by atoms with van der Waals surface area (Å²) < 4.78 is 0. The van der Waals surface area contributed by atoms with E-state index in [0.717, 1.165) is 47.4 Å². The fourth-order valence-electron chi connectivity index (χ4n) is 3.59. The van der Waals surface area contributed by atoms with Crippen molar-refractivity contribution in [3.63, 3.8) is 0 Å². The first-order valence-electron chi connectivity index (χ1n) is 9.57. The van der Waals surface area contributed by atoms with Gasteiger partial charge in [-0.25, -0.2) is 4.98 Å². The van der Waals surface area contributed by atoms with Crippen LogP contribution < -0.4 is 5.32 Å². The number of aryl methyl sites for hydroxylation is 2. The van der Waals surface area contributed by atoms with Crippen LogP contribution in [0, 0.1) is 18.3 Å². The summed E-state index contributed by atoms with van der Waals surface area (Å²) in [5, 5.41) is 14.0. The third-order valence-electron chi connectivity index (χ3n) is 4.99. The number of hydrogen-bond acceptors (Lipinski definition) is 5. The Morgan fingerprint density at radius 2 is 2.14 bits per heavy atom. The van der Waals surface area contributed by atoms with Crippen LogP contribution in [0.15, 0.2) is 23.4 Å². The highest BCUT2D eigenvalue weighted by molar-refractivity contribution is 7.99. The number of aromatic amines is 1. The Morgan fingerprint density at radius 3 is 2.96 bits per heavy atom. The van der Waals surface area contributed by atoms with Gasteiger partial charge in [-0.05, 0) is 55.9 Å². The van der Waals surface area contributed by atoms with Crippen molar-refractivity contribution in [1.82, 2.24) is 9.97 Å². The highest BCUT2D eigenvalue weighted by atomic mass is 32.2. The molecular formula is C21H22N4OS2. The monoisotopic (exact) mass is 410 g/mol. The molecule has 0 fully saturated rings. The SMILES string of the molecule is Cc1ccc2nc(SCC(=O)Nc3sc4c(c3C#N)CCCCCC4)[nH]c2c1. The van der Waals surface area contributed by atoms with E-state index in [9.17, 15) is 10.1 Å². The quantitative estimate of drug-likeness (QED) is 0.580. The van der Waals surface area contributed by atoms with Gasteiger partial charge < -0.3 is 10.3 Å². The van der Waals surface area contributed by atoms with Crippen molar-refractivity contribution in [3.05, 3.63) is 39.8 Å². The van der Waals surface area contributed by atoms with Gasteiger partial charge in [0.25, 0.3) is 0 Å². The van der Waals surface area contributed by atoms with E-state index in [0.29, 0.717) is 10.6 Å². The number of H-pyrrole nitrogens is 1. The van der Waals surface area contributed by atoms with Crippen molar-refractivity contribution in [3.8, 4) is 6.07 Å². The van der Waals surface area contributed by atoms with Crippen molar-refractivity contribution in [1.29, 1.82) is 5.26 Å². The Labute approximate surface area is 172 Å². The number of thiophene rings is 1. The van der Waals surface area contributed by atoms with E-state index in [-0.39, 0.29) is 11.7 Å². The number of hydrogen-bond donors (Lipinski definition) is 2. The molecule has 144 valence electrons. The number of nitrogens with zero attached hydrogens (tertiary/aromatic N) is 2. The van der Waals surface area contributed by atoms with Gasteiger partial charge in [-0.3, -0.25) is 4.79 Å². The predicted octanol–water partition coefficient (Wildman–Crippen LogP) is 5.19. The minimum Gasteiger partial charge on any atom is -0.333 e. The van der Waals surface area contributed by atoms with Gasteiger partial charge in [-0.15, -0.1) is 11.3 Å². The van der Waals surface area contributed by atoms with Crippen molar-refractivity contribution >= 4 is 45.0 Å². The zero-order chi connectivity index (χ0) is 19.5. The first kappa shape index (κ1) is 19.0. The fourth-order valence-corrected chi connectivity index (χ4v) is 5.53. The fraction of sp³-hybridized carbons (Fsp3) is 0.381. The number of carbonyl (C=O) groups is 1. The number of aromatic nitrogens is 2. The molecule has 2 N–H and O–H groups in total. The van der Waals surface area contributed by atoms with Crippen LogP contribution in [-0.4, -0.2) is 21.6 Å². The molecule has 3 aromatic rings. The topological polar surface area (TPSA) is 81.6 Å². The van der Waals surface area contributed by atoms with Crippen molar-refractivity contribution in [2.24, 2.45) is 0 Å². The predicted molar refractivity (Wildman–Crippen MR) is 115 cm³/mol. The van der Waals surface area contributed by atoms with Crippen molar-refractivity contribution in [2.45, 2.75) is 50.6 Å². The molecule has 2 aromatic heterocycles. The molecule has 0 bridgehead atoms. The molecule has 2 heterocycles. The number of nitrogens with one attached hydrogen (secondary N) is 2. The van der Waals surface area contributed by atoms with Gasteiger partial charge >= 0.3 is 0 Å². The third kappa shape index (κ3) is 4.08. The molecule has 1 amide bonds. The van der Waals surface area contributed by atoms with E-state index >= 15 is 0 Å². The first-order chi connectivity index (χ1) is 13.6. The minimum atomic E-state index is -0.104. The molecule has 5 nitrogen and oxygen atoms in total. The molecule has 1 aliphatic carbocycles. The Kier molecular flexibility index (Phi) is 5.69. The van der Waals surface area contributed by atoms with Crippen LogP contribution >= 0.6 is 23.1 Å². The van der Waals surface area contributed by atoms with Crippen LogP contribution in [-0.2, 0) is 17.6 Å². The second-order valence-corrected chi connectivity index (χ2v) is 9.20. The largest absolute Gasteiger partial charge is 0.333 e. The van der Waals surface area contributed by atoms with Gasteiger partial charge in [-0.1, -0.05) is 30.7 Å². The maximum absolute atomic E-state index is 12.5. The lowest BCUT2D eigenvalue weighted by Crippen LogP contribution is -2.14. The second-order valence-electron chi connectivity index (χ2n) is 7.13. The maximum Gasteiger partial charge on any atom is 0.235 e. The summed E-state index contributed by atoms with van der Waals surface area (Å²) in [6.07, 6.45) is 6.69. The van der Waals surface area contributed by atoms with Gasteiger partial charge in [0.15, 0.2) is 5.16 Å². The molecule has 28 heavy (non-hydrogen) atoms. The molecule has 0 saturated carbocycles. The Bertz CT molecular complexity index is 1060. The first-order valence-corrected chi connectivity index (χ1v) is 11.4. The summed E-state index contributed by atoms with van der Waals surface area (Å²) in [4.78, 5) is 21.5. The van der Waals surface area contributed by atoms with Crippen molar-refractivity contribution < 1.29 is 4.79 Å². The lowest BCUT2D eigenvalue weighted by Gasteiger charge is -2.08. The molecule has 0 atom stereocenters. The summed E-state index contributed by atoms with van der Waals surface area (Å²) in [5.74, 6) is 0.152. The lowest BCUT2D eigenvalue weighted by atomic mass is 9.97. The van der Waals surface area contributed by atoms with Gasteiger partial charge in [0.05, 0.1) is 22.3 Å². The molecule has 0 radical (unpaired) electrons. The number of fused-ring (bicyclic) bond motifs is 2. The van der Waals surface area contributed by atoms with E-state index in [1.165, 1.54) is 35.0 Å². The van der Waals surface area contributed by atoms with Gasteiger partial charge in [0, 0.05) is 4.88 Å². The van der Waals surface area contributed by atoms with Crippen LogP contribution in [0.2, 0.25) is 0 Å². The van der Waals surface area contributed by atoms with E-state index in [1.54, 1.807) is 11.3 Å². The molecule has 0 saturated heterocycles. The number of amides is 1. The number of carbonyl (C=O) groups excluding carboxylic acids is 1. The molecule has 4 rings (SSSR count). The lowest BCUT2D eigenvalue weighted by molar-refractivity contribution is -0.113. The normalized spacial score (nSPS) is 14.1. The third-order valence-corrected chi connectivity index (χ3v) is 7.07. The summed E-state index contributed by atoms with van der Waals surface area (Å²) >= 11 is 2.95. The number of imidazole rings is 1. The number of nitriles is 1. The smallest absolute Gasteiger partial charge is 0.235 e. The zero-order valence-corrected chi connectivity index (χ0v) is 17.4. The number of thioether (sulfide) groups is 1. The summed E-state index contributed by atoms with van der Waals surface area (Å²) in [7, 11) is 0. The standard InChI is InChI=1S/C21H22N4OS2/c1-13-8-9-16-17(10-13)24-21(23-16)27-12-19(26)25-20-15(11-22)14-6-4-2-3-5-7-18(14)28-20/h8-10H,2-7,12H2,1H3,(H,23,24)(H,25,26). The average molecular weight is 411 g/mol. The van der Waals surface area contributed by atoms with Gasteiger partial charge in [0.1, 0.15) is 11.1 Å². The molecule has 0 spiro atoms. The average Bonchev–Trinajstić information content (AvgIpc) is 3.20. The Balaban J connectivity index is 1.44. The van der Waals surface area contributed by atoms with Crippen LogP contribution in [0.25, 0.3) is 11.0 Å². The van der Waals surface area contributed by atoms with Crippen LogP contribution in [0.5, 0.6) is 0 Å². The van der Waals surface area contributed by atoms with Gasteiger partial charge in [0.2, 0.25) is 5.91 Å². The maximum atomic E-state index is 12.5. The van der Waals surface area contributed by atoms with Crippen LogP contribution in [0.4, 0.5) is 5.00 Å². The molecule has 0 unspecified atom stereocenters. The summed E-state index contributed by atoms with van der Waals surface area (Å²) in [6.45, 7) is 2.04. The van der Waals surface area contributed by atoms with Crippen molar-refractivity contribution in [2.75, 3.05) is 11.1 Å². The summed E-state index contributed by atoms with van der Waals surface area (Å²) in [5.41, 5.74) is 4.87. The number of rotatable bonds is 4.